The number of anilines is 1. The van der Waals surface area contributed by atoms with Gasteiger partial charge in [-0.15, -0.1) is 11.8 Å². The number of Topliss-reactive ketones (excluding diaryl/α,β-unsaturated/α-hetero) is 1. The first-order valence-corrected chi connectivity index (χ1v) is 29.3. The molecule has 7 aliphatic carbocycles. The Hall–Kier alpha value is -6.13. The van der Waals surface area contributed by atoms with E-state index >= 15 is 4.79 Å². The molecule has 10 atom stereocenters. The number of allylic oxidation sites excluding steroid dienone is 4. The highest BCUT2D eigenvalue weighted by molar-refractivity contribution is 8.00. The van der Waals surface area contributed by atoms with Gasteiger partial charge in [-0.2, -0.15) is 0 Å². The minimum absolute atomic E-state index is 0.0112. The molecule has 0 radical (unpaired) electrons. The first-order valence-electron chi connectivity index (χ1n) is 28.3. The third-order valence-corrected chi connectivity index (χ3v) is 19.6. The molecule has 0 unspecified atom stereocenters. The molecule has 21 heteroatoms. The number of nitrogens with one attached hydrogen (secondary N) is 3. The summed E-state index contributed by atoms with van der Waals surface area (Å²) in [5, 5.41) is 29.7. The lowest BCUT2D eigenvalue weighted by Crippen LogP contribution is -2.72. The minimum Gasteiger partial charge on any atom is -0.481 e. The van der Waals surface area contributed by atoms with E-state index < -0.39 is 83.3 Å². The summed E-state index contributed by atoms with van der Waals surface area (Å²) in [4.78, 5) is 106. The maximum absolute atomic E-state index is 15.1. The largest absolute Gasteiger partial charge is 0.481 e. The molecule has 1 heterocycles. The van der Waals surface area contributed by atoms with E-state index in [1.165, 1.54) is 41.2 Å². The molecule has 1 saturated heterocycles. The Bertz CT molecular complexity index is 2820. The Labute approximate surface area is 477 Å². The van der Waals surface area contributed by atoms with Gasteiger partial charge in [-0.3, -0.25) is 28.8 Å². The van der Waals surface area contributed by atoms with Gasteiger partial charge in [0.2, 0.25) is 23.5 Å². The maximum atomic E-state index is 15.1. The predicted octanol–water partition coefficient (Wildman–Crippen LogP) is 5.99. The molecule has 1 aliphatic heterocycles. The number of thioether (sulfide) groups is 1. The average molecular weight is 1140 g/mol. The van der Waals surface area contributed by atoms with Crippen molar-refractivity contribution in [1.82, 2.24) is 20.4 Å². The van der Waals surface area contributed by atoms with E-state index in [0.29, 0.717) is 24.1 Å². The van der Waals surface area contributed by atoms with Gasteiger partial charge >= 0.3 is 18.2 Å². The summed E-state index contributed by atoms with van der Waals surface area (Å²) < 4.78 is 25.1. The molecule has 6 saturated carbocycles. The summed E-state index contributed by atoms with van der Waals surface area (Å²) in [7, 11) is 3.00. The van der Waals surface area contributed by atoms with Crippen LogP contribution in [0.25, 0.3) is 0 Å². The average Bonchev–Trinajstić information content (AvgIpc) is 3.83. The minimum atomic E-state index is -1.57. The monoisotopic (exact) mass is 1140 g/mol. The van der Waals surface area contributed by atoms with Crippen molar-refractivity contribution >= 4 is 64.9 Å². The normalized spacial score (nSPS) is 31.3. The quantitative estimate of drug-likeness (QED) is 0.0745. The fraction of sp³-hybridized carbons (Fsp3) is 0.600. The number of nitrogens with zero attached hydrogens (tertiary/aromatic N) is 2. The Morgan fingerprint density at radius 2 is 1.57 bits per heavy atom. The molecule has 2 bridgehead atoms. The van der Waals surface area contributed by atoms with Gasteiger partial charge in [0.05, 0.1) is 18.0 Å². The lowest BCUT2D eigenvalue weighted by Gasteiger charge is -2.69. The number of carbonyl (C=O) groups is 8. The number of ether oxygens (including phenoxy) is 4. The van der Waals surface area contributed by atoms with Crippen LogP contribution in [0.15, 0.2) is 72.3 Å². The number of aliphatic carboxylic acids is 1. The highest BCUT2D eigenvalue weighted by Crippen LogP contribution is 2.71. The lowest BCUT2D eigenvalue weighted by atomic mass is 9.38. The van der Waals surface area contributed by atoms with E-state index in [9.17, 15) is 43.8 Å². The topological polar surface area (TPSA) is 283 Å². The molecule has 8 aliphatic rings. The van der Waals surface area contributed by atoms with E-state index in [2.05, 4.69) is 35.0 Å². The molecule has 2 aromatic rings. The van der Waals surface area contributed by atoms with Gasteiger partial charge in [0, 0.05) is 80.1 Å². The van der Waals surface area contributed by atoms with Crippen molar-refractivity contribution in [3.63, 3.8) is 0 Å². The third kappa shape index (κ3) is 12.3. The zero-order valence-corrected chi connectivity index (χ0v) is 48.0. The molecule has 10 rings (SSSR count). The molecule has 81 heavy (non-hydrogen) atoms. The zero-order chi connectivity index (χ0) is 58.2. The number of likely N-dealkylation sites (N-methyl/N-ethyl adjacent to an activating group) is 2. The summed E-state index contributed by atoms with van der Waals surface area (Å²) in [5.74, 6) is -3.09. The molecule has 20 nitrogen and oxygen atoms in total. The number of hydrogen-bond acceptors (Lipinski definition) is 15. The number of benzene rings is 2. The number of ketones is 2. The fourth-order valence-electron chi connectivity index (χ4n) is 14.6. The van der Waals surface area contributed by atoms with Crippen LogP contribution in [-0.2, 0) is 60.7 Å². The van der Waals surface area contributed by atoms with Crippen LogP contribution in [-0.4, -0.2) is 148 Å². The second-order valence-electron chi connectivity index (χ2n) is 24.6. The maximum Gasteiger partial charge on any atom is 0.409 e. The van der Waals surface area contributed by atoms with Crippen LogP contribution in [0.4, 0.5) is 15.3 Å². The van der Waals surface area contributed by atoms with Crippen molar-refractivity contribution in [2.75, 3.05) is 51.4 Å². The summed E-state index contributed by atoms with van der Waals surface area (Å²) in [6.07, 6.45) is 6.92. The zero-order valence-electron chi connectivity index (χ0n) is 47.2. The van der Waals surface area contributed by atoms with Gasteiger partial charge < -0.3 is 60.6 Å². The van der Waals surface area contributed by atoms with Gasteiger partial charge in [0.25, 0.3) is 0 Å². The predicted molar refractivity (Wildman–Crippen MR) is 299 cm³/mol. The number of carboxylic acid groups (broad SMARTS) is 1. The number of aliphatic hydroxyl groups excluding tert-OH is 1. The highest BCUT2D eigenvalue weighted by Gasteiger charge is 2.76. The van der Waals surface area contributed by atoms with Crippen molar-refractivity contribution in [2.45, 2.75) is 146 Å². The van der Waals surface area contributed by atoms with Crippen LogP contribution in [0.5, 0.6) is 0 Å². The summed E-state index contributed by atoms with van der Waals surface area (Å²) in [6, 6.07) is 13.4. The van der Waals surface area contributed by atoms with Crippen LogP contribution in [0.3, 0.4) is 0 Å². The molecule has 7 N–H and O–H groups in total. The van der Waals surface area contributed by atoms with Crippen molar-refractivity contribution in [3.05, 3.63) is 89.0 Å². The molecule has 2 aromatic carbocycles. The van der Waals surface area contributed by atoms with Crippen molar-refractivity contribution in [3.8, 4) is 0 Å². The van der Waals surface area contributed by atoms with Crippen LogP contribution < -0.4 is 21.7 Å². The van der Waals surface area contributed by atoms with Crippen molar-refractivity contribution in [1.29, 1.82) is 0 Å². The van der Waals surface area contributed by atoms with E-state index in [-0.39, 0.29) is 103 Å². The number of carboxylic acids is 1. The molecular weight excluding hydrogens is 1060 g/mol. The van der Waals surface area contributed by atoms with Crippen molar-refractivity contribution < 1.29 is 67.5 Å². The summed E-state index contributed by atoms with van der Waals surface area (Å²) in [6.45, 7) is 7.42. The number of hydrogen-bond donors (Lipinski definition) is 6. The molecule has 0 aromatic heterocycles. The Morgan fingerprint density at radius 3 is 2.22 bits per heavy atom. The molecule has 7 fully saturated rings. The molecule has 5 amide bonds. The number of rotatable bonds is 23. The lowest BCUT2D eigenvalue weighted by molar-refractivity contribution is -0.201. The Morgan fingerprint density at radius 1 is 0.901 bits per heavy atom. The highest BCUT2D eigenvalue weighted by atomic mass is 32.2. The summed E-state index contributed by atoms with van der Waals surface area (Å²) in [5.41, 5.74) is 7.54. The van der Waals surface area contributed by atoms with Gasteiger partial charge in [0.1, 0.15) is 12.6 Å². The number of fused-ring (bicyclic) bond motifs is 7. The van der Waals surface area contributed by atoms with Gasteiger partial charge in [-0.25, -0.2) is 9.59 Å². The Kier molecular flexibility index (Phi) is 17.3. The van der Waals surface area contributed by atoms with Gasteiger partial charge in [0.15, 0.2) is 24.3 Å². The van der Waals surface area contributed by atoms with E-state index in [1.54, 1.807) is 36.4 Å². The number of carbonyl (C=O) groups excluding carboxylic acids is 7. The SMILES string of the molecule is CC(C)SCC(=O)NCCC(=O)N[C@@H](CCC(=O)O)C(=O)Nc1ccc(COC(=O)N(C)CCN(C)C(=O)OCC(=O)[C@@]23O[C@H](c4ccc(CC56CC(N)(C5)C6)cc4)O[C@@H]2C[C@H]2[C@@H]4CCC5=CC(=O)C=C[C@]5(C)[C@H]4[C@@H](O)C[C@@]23C)cc1. The second-order valence-corrected chi connectivity index (χ2v) is 26.2. The standard InChI is InChI=1S/C60H78N6O14S/c1-35(2)81-31-49(71)62-22-20-48(70)64-44(17-18-50(72)73)52(74)63-40-14-9-37(10-15-40)29-77-54(75)65(5)23-24-66(6)55(76)78-30-46(69)60-47(79-53(80-60)38-11-7-36(8-12-38)27-58-32-59(61,33-58)34-58)26-43-42-16-13-39-25-41(67)19-21-56(39,3)51(42)45(68)28-57(43,60)4/h7-12,14-15,19,21,25,35,42-45,47,51,53,68H,13,16-18,20,22-24,26-34,61H2,1-6H3,(H,62,71)(H,63,74)(H,64,70)(H,72,73)/t42-,43-,44-,45-,47+,51+,53+,56-,57-,58?,59?,60+/m0/s1. The molecular formula is C60H78N6O14S. The molecule has 438 valence electrons. The number of nitrogens with two attached hydrogens (primary N) is 1. The number of amides is 5. The van der Waals surface area contributed by atoms with E-state index in [4.69, 9.17) is 24.7 Å². The Balaban J connectivity index is 0.772. The summed E-state index contributed by atoms with van der Waals surface area (Å²) >= 11 is 1.46. The third-order valence-electron chi connectivity index (χ3n) is 18.5. The first kappa shape index (κ1) is 59.5. The second kappa shape index (κ2) is 23.6. The number of aliphatic hydroxyl groups is 1. The fourth-order valence-corrected chi connectivity index (χ4v) is 15.2. The molecule has 0 spiro atoms. The smallest absolute Gasteiger partial charge is 0.409 e. The van der Waals surface area contributed by atoms with Crippen LogP contribution in [0.2, 0.25) is 0 Å². The van der Waals surface area contributed by atoms with Crippen LogP contribution in [0.1, 0.15) is 115 Å². The van der Waals surface area contributed by atoms with Gasteiger partial charge in [-0.05, 0) is 116 Å². The van der Waals surface area contributed by atoms with E-state index in [0.717, 1.165) is 43.2 Å². The van der Waals surface area contributed by atoms with Crippen LogP contribution >= 0.6 is 11.8 Å². The van der Waals surface area contributed by atoms with Gasteiger partial charge in [-0.1, -0.05) is 75.7 Å². The van der Waals surface area contributed by atoms with Crippen molar-refractivity contribution in [2.24, 2.45) is 39.7 Å². The van der Waals surface area contributed by atoms with Crippen LogP contribution in [0, 0.1) is 34.0 Å². The first-order chi connectivity index (χ1) is 38.3. The van der Waals surface area contributed by atoms with E-state index in [1.807, 2.05) is 39.0 Å².